The van der Waals surface area contributed by atoms with Crippen molar-refractivity contribution in [1.29, 1.82) is 0 Å². The van der Waals surface area contributed by atoms with Crippen LogP contribution in [0.4, 0.5) is 10.5 Å². The Hall–Kier alpha value is -2.75. The summed E-state index contributed by atoms with van der Waals surface area (Å²) in [6, 6.07) is 15.3. The lowest BCUT2D eigenvalue weighted by molar-refractivity contribution is -0.253. The van der Waals surface area contributed by atoms with Gasteiger partial charge in [-0.05, 0) is 42.6 Å². The number of hydrogen-bond acceptors (Lipinski definition) is 7. The molecule has 2 aromatic rings. The molecule has 2 aliphatic rings. The first-order valence-corrected chi connectivity index (χ1v) is 12.1. The molecule has 35 heavy (non-hydrogen) atoms. The van der Waals surface area contributed by atoms with Crippen molar-refractivity contribution in [3.05, 3.63) is 77.9 Å². The Balaban J connectivity index is 1.49. The molecule has 8 heteroatoms. The van der Waals surface area contributed by atoms with Gasteiger partial charge in [-0.2, -0.15) is 0 Å². The molecule has 0 bridgehead atoms. The molecular formula is C27H34N2O6. The smallest absolute Gasteiger partial charge is 0.411 e. The second-order valence-corrected chi connectivity index (χ2v) is 8.96. The number of likely N-dealkylation sites (tertiary alicyclic amines) is 1. The quantitative estimate of drug-likeness (QED) is 0.466. The summed E-state index contributed by atoms with van der Waals surface area (Å²) in [5.74, 6) is 0. The van der Waals surface area contributed by atoms with Crippen LogP contribution in [-0.2, 0) is 20.8 Å². The Morgan fingerprint density at radius 2 is 1.86 bits per heavy atom. The maximum absolute atomic E-state index is 11.8. The Morgan fingerprint density at radius 3 is 2.54 bits per heavy atom. The molecule has 2 aliphatic heterocycles. The van der Waals surface area contributed by atoms with Crippen LogP contribution >= 0.6 is 0 Å². The van der Waals surface area contributed by atoms with Gasteiger partial charge < -0.3 is 24.4 Å². The number of carbonyl (C=O) groups excluding carboxylic acids is 1. The molecule has 188 valence electrons. The summed E-state index contributed by atoms with van der Waals surface area (Å²) < 4.78 is 17.7. The maximum Gasteiger partial charge on any atom is 0.411 e. The number of rotatable bonds is 9. The Labute approximate surface area is 206 Å². The number of nitrogens with zero attached hydrogens (tertiary/aromatic N) is 1. The third-order valence-electron chi connectivity index (χ3n) is 6.52. The lowest BCUT2D eigenvalue weighted by atomic mass is 9.99. The predicted octanol–water partition coefficient (Wildman–Crippen LogP) is 3.92. The Morgan fingerprint density at radius 1 is 1.11 bits per heavy atom. The first-order chi connectivity index (χ1) is 17.1. The SMILES string of the molecule is C=CCOC(=O)Nc1ccc([C@H]2O[C@@H](CN3CCC[C@H]3CO)C[C@@H](c3ccc(CO)cc3)O2)cc1. The molecule has 0 aliphatic carbocycles. The second-order valence-electron chi connectivity index (χ2n) is 8.96. The van der Waals surface area contributed by atoms with Crippen LogP contribution in [0.2, 0.25) is 0 Å². The zero-order valence-corrected chi connectivity index (χ0v) is 19.8. The molecule has 2 fully saturated rings. The van der Waals surface area contributed by atoms with E-state index in [-0.39, 0.29) is 38.1 Å². The van der Waals surface area contributed by atoms with Crippen molar-refractivity contribution in [3.8, 4) is 0 Å². The van der Waals surface area contributed by atoms with Crippen molar-refractivity contribution in [3.63, 3.8) is 0 Å². The summed E-state index contributed by atoms with van der Waals surface area (Å²) in [5.41, 5.74) is 3.33. The molecule has 2 saturated heterocycles. The summed E-state index contributed by atoms with van der Waals surface area (Å²) in [6.45, 7) is 5.50. The van der Waals surface area contributed by atoms with Crippen LogP contribution in [-0.4, -0.2) is 59.7 Å². The number of benzene rings is 2. The molecule has 4 atom stereocenters. The summed E-state index contributed by atoms with van der Waals surface area (Å²) in [4.78, 5) is 14.1. The van der Waals surface area contributed by atoms with Gasteiger partial charge in [0.15, 0.2) is 6.29 Å². The lowest BCUT2D eigenvalue weighted by Gasteiger charge is -2.38. The van der Waals surface area contributed by atoms with Gasteiger partial charge in [-0.25, -0.2) is 4.79 Å². The fraction of sp³-hybridized carbons (Fsp3) is 0.444. The molecule has 8 nitrogen and oxygen atoms in total. The van der Waals surface area contributed by atoms with E-state index in [4.69, 9.17) is 14.2 Å². The van der Waals surface area contributed by atoms with E-state index in [1.165, 1.54) is 6.08 Å². The first kappa shape index (κ1) is 25.3. The van der Waals surface area contributed by atoms with Gasteiger partial charge in [-0.1, -0.05) is 49.1 Å². The van der Waals surface area contributed by atoms with E-state index in [0.717, 1.165) is 42.6 Å². The Kier molecular flexibility index (Phi) is 8.90. The summed E-state index contributed by atoms with van der Waals surface area (Å²) in [6.07, 6.45) is 2.91. The van der Waals surface area contributed by atoms with Crippen molar-refractivity contribution in [2.75, 3.05) is 31.6 Å². The number of aliphatic hydroxyl groups is 2. The molecule has 0 spiro atoms. The number of hydrogen-bond donors (Lipinski definition) is 3. The van der Waals surface area contributed by atoms with E-state index < -0.39 is 12.4 Å². The number of nitrogens with one attached hydrogen (secondary N) is 1. The van der Waals surface area contributed by atoms with Gasteiger partial charge in [-0.3, -0.25) is 10.2 Å². The number of anilines is 1. The molecule has 3 N–H and O–H groups in total. The lowest BCUT2D eigenvalue weighted by Crippen LogP contribution is -2.42. The van der Waals surface area contributed by atoms with E-state index in [2.05, 4.69) is 16.8 Å². The standard InChI is InChI=1S/C27H34N2O6/c1-2-14-33-27(32)28-22-11-9-21(10-12-22)26-34-24(16-29-13-3-4-23(29)18-31)15-25(35-26)20-7-5-19(17-30)6-8-20/h2,5-12,23-26,30-31H,1,3-4,13-18H2,(H,28,32)/t23-,24+,25-,26-/m0/s1. The number of ether oxygens (including phenoxy) is 3. The van der Waals surface area contributed by atoms with Gasteiger partial charge >= 0.3 is 6.09 Å². The van der Waals surface area contributed by atoms with Crippen LogP contribution in [0.3, 0.4) is 0 Å². The minimum Gasteiger partial charge on any atom is -0.445 e. The topological polar surface area (TPSA) is 100 Å². The molecule has 0 unspecified atom stereocenters. The number of aliphatic hydroxyl groups excluding tert-OH is 2. The summed E-state index contributed by atoms with van der Waals surface area (Å²) in [7, 11) is 0. The normalized spacial score (nSPS) is 24.7. The van der Waals surface area contributed by atoms with Crippen LogP contribution in [0, 0.1) is 0 Å². The van der Waals surface area contributed by atoms with Crippen LogP contribution in [0.5, 0.6) is 0 Å². The minimum atomic E-state index is -0.576. The zero-order valence-electron chi connectivity index (χ0n) is 19.8. The molecule has 1 amide bonds. The highest BCUT2D eigenvalue weighted by Crippen LogP contribution is 2.39. The van der Waals surface area contributed by atoms with Gasteiger partial charge in [0.25, 0.3) is 0 Å². The second kappa shape index (κ2) is 12.3. The van der Waals surface area contributed by atoms with E-state index >= 15 is 0 Å². The predicted molar refractivity (Wildman–Crippen MR) is 132 cm³/mol. The maximum atomic E-state index is 11.8. The number of amides is 1. The van der Waals surface area contributed by atoms with E-state index in [9.17, 15) is 15.0 Å². The van der Waals surface area contributed by atoms with Crippen LogP contribution in [0.25, 0.3) is 0 Å². The monoisotopic (exact) mass is 482 g/mol. The van der Waals surface area contributed by atoms with Gasteiger partial charge in [0, 0.05) is 30.3 Å². The summed E-state index contributed by atoms with van der Waals surface area (Å²) >= 11 is 0. The molecule has 2 heterocycles. The number of carbonyl (C=O) groups is 1. The average molecular weight is 483 g/mol. The van der Waals surface area contributed by atoms with E-state index in [1.54, 1.807) is 12.1 Å². The molecule has 2 aromatic carbocycles. The minimum absolute atomic E-state index is 0.000804. The first-order valence-electron chi connectivity index (χ1n) is 12.1. The van der Waals surface area contributed by atoms with Crippen molar-refractivity contribution in [2.24, 2.45) is 0 Å². The highest BCUT2D eigenvalue weighted by Gasteiger charge is 2.35. The molecule has 0 radical (unpaired) electrons. The molecule has 0 aromatic heterocycles. The van der Waals surface area contributed by atoms with Crippen LogP contribution in [0.1, 0.15) is 48.3 Å². The largest absolute Gasteiger partial charge is 0.445 e. The Bertz CT molecular complexity index is 965. The van der Waals surface area contributed by atoms with Crippen molar-refractivity contribution < 1.29 is 29.2 Å². The van der Waals surface area contributed by atoms with Gasteiger partial charge in [0.2, 0.25) is 0 Å². The molecule has 0 saturated carbocycles. The van der Waals surface area contributed by atoms with Crippen molar-refractivity contribution in [1.82, 2.24) is 4.90 Å². The van der Waals surface area contributed by atoms with E-state index in [0.29, 0.717) is 12.1 Å². The van der Waals surface area contributed by atoms with Crippen LogP contribution in [0.15, 0.2) is 61.2 Å². The van der Waals surface area contributed by atoms with Crippen molar-refractivity contribution in [2.45, 2.75) is 50.4 Å². The van der Waals surface area contributed by atoms with E-state index in [1.807, 2.05) is 36.4 Å². The third kappa shape index (κ3) is 6.68. The fourth-order valence-electron chi connectivity index (χ4n) is 4.65. The highest BCUT2D eigenvalue weighted by atomic mass is 16.7. The highest BCUT2D eigenvalue weighted by molar-refractivity contribution is 5.84. The van der Waals surface area contributed by atoms with Crippen LogP contribution < -0.4 is 5.32 Å². The van der Waals surface area contributed by atoms with Gasteiger partial charge in [0.05, 0.1) is 25.4 Å². The average Bonchev–Trinajstić information content (AvgIpc) is 3.34. The third-order valence-corrected chi connectivity index (χ3v) is 6.52. The zero-order chi connectivity index (χ0) is 24.6. The van der Waals surface area contributed by atoms with Gasteiger partial charge in [-0.15, -0.1) is 0 Å². The molecule has 4 rings (SSSR count). The molecular weight excluding hydrogens is 448 g/mol. The van der Waals surface area contributed by atoms with Crippen molar-refractivity contribution >= 4 is 11.8 Å². The van der Waals surface area contributed by atoms with Gasteiger partial charge in [0.1, 0.15) is 6.61 Å². The fourth-order valence-corrected chi connectivity index (χ4v) is 4.65. The summed E-state index contributed by atoms with van der Waals surface area (Å²) in [5, 5.41) is 21.8.